The van der Waals surface area contributed by atoms with Crippen molar-refractivity contribution < 1.29 is 4.79 Å². The van der Waals surface area contributed by atoms with E-state index in [0.717, 1.165) is 30.6 Å². The molecule has 1 aliphatic rings. The van der Waals surface area contributed by atoms with Gasteiger partial charge in [0.2, 0.25) is 5.91 Å². The molecule has 4 nitrogen and oxygen atoms in total. The van der Waals surface area contributed by atoms with Crippen LogP contribution >= 0.6 is 0 Å². The molecule has 1 fully saturated rings. The van der Waals surface area contributed by atoms with Gasteiger partial charge in [-0.2, -0.15) is 0 Å². The standard InChI is InChI=1S/C15H23N3O/c1-11-4-3-7-18(14(11)9-16)15(19)8-13-6-5-12(2)17-10-13/h5-6,10-11,14H,3-4,7-9,16H2,1-2H3. The van der Waals surface area contributed by atoms with E-state index in [4.69, 9.17) is 5.73 Å². The first kappa shape index (κ1) is 14.0. The number of carbonyl (C=O) groups is 1. The van der Waals surface area contributed by atoms with E-state index < -0.39 is 0 Å². The van der Waals surface area contributed by atoms with Gasteiger partial charge in [0, 0.05) is 31.0 Å². The third-order valence-corrected chi connectivity index (χ3v) is 4.01. The molecule has 1 aliphatic heterocycles. The number of aromatic nitrogens is 1. The maximum Gasteiger partial charge on any atom is 0.227 e. The van der Waals surface area contributed by atoms with Crippen molar-refractivity contribution in [3.63, 3.8) is 0 Å². The summed E-state index contributed by atoms with van der Waals surface area (Å²) in [7, 11) is 0. The summed E-state index contributed by atoms with van der Waals surface area (Å²) in [4.78, 5) is 18.6. The third-order valence-electron chi connectivity index (χ3n) is 4.01. The van der Waals surface area contributed by atoms with Gasteiger partial charge < -0.3 is 10.6 Å². The first-order chi connectivity index (χ1) is 9.11. The predicted octanol–water partition coefficient (Wildman–Crippen LogP) is 1.52. The molecule has 1 aromatic rings. The minimum absolute atomic E-state index is 0.174. The molecule has 104 valence electrons. The molecule has 2 atom stereocenters. The summed E-state index contributed by atoms with van der Waals surface area (Å²) in [5, 5.41) is 0. The smallest absolute Gasteiger partial charge is 0.227 e. The zero-order valence-corrected chi connectivity index (χ0v) is 11.8. The van der Waals surface area contributed by atoms with Gasteiger partial charge in [-0.25, -0.2) is 0 Å². The minimum Gasteiger partial charge on any atom is -0.338 e. The number of nitrogens with zero attached hydrogens (tertiary/aromatic N) is 2. The van der Waals surface area contributed by atoms with Crippen LogP contribution in [0.15, 0.2) is 18.3 Å². The summed E-state index contributed by atoms with van der Waals surface area (Å²) in [5.41, 5.74) is 7.78. The second-order valence-corrected chi connectivity index (χ2v) is 5.49. The van der Waals surface area contributed by atoms with Crippen molar-refractivity contribution in [1.29, 1.82) is 0 Å². The fourth-order valence-corrected chi connectivity index (χ4v) is 2.80. The van der Waals surface area contributed by atoms with Crippen LogP contribution in [-0.4, -0.2) is 34.9 Å². The van der Waals surface area contributed by atoms with E-state index in [-0.39, 0.29) is 11.9 Å². The van der Waals surface area contributed by atoms with E-state index >= 15 is 0 Å². The number of hydrogen-bond donors (Lipinski definition) is 1. The normalized spacial score (nSPS) is 23.4. The molecule has 2 heterocycles. The Balaban J connectivity index is 2.04. The van der Waals surface area contributed by atoms with Crippen molar-refractivity contribution in [2.75, 3.05) is 13.1 Å². The van der Waals surface area contributed by atoms with Crippen LogP contribution in [0.4, 0.5) is 0 Å². The van der Waals surface area contributed by atoms with Crippen molar-refractivity contribution in [1.82, 2.24) is 9.88 Å². The summed E-state index contributed by atoms with van der Waals surface area (Å²) >= 11 is 0. The summed E-state index contributed by atoms with van der Waals surface area (Å²) < 4.78 is 0. The molecule has 0 aliphatic carbocycles. The average molecular weight is 261 g/mol. The van der Waals surface area contributed by atoms with E-state index in [2.05, 4.69) is 11.9 Å². The van der Waals surface area contributed by atoms with Crippen molar-refractivity contribution in [2.45, 2.75) is 39.2 Å². The lowest BCUT2D eigenvalue weighted by Gasteiger charge is -2.39. The predicted molar refractivity (Wildman–Crippen MR) is 75.6 cm³/mol. The Bertz CT molecular complexity index is 430. The lowest BCUT2D eigenvalue weighted by Crippen LogP contribution is -2.51. The Morgan fingerprint density at radius 1 is 1.53 bits per heavy atom. The number of carbonyl (C=O) groups excluding carboxylic acids is 1. The molecule has 4 heteroatoms. The van der Waals surface area contributed by atoms with Crippen molar-refractivity contribution in [3.05, 3.63) is 29.6 Å². The molecule has 19 heavy (non-hydrogen) atoms. The Labute approximate surface area is 115 Å². The fourth-order valence-electron chi connectivity index (χ4n) is 2.80. The highest BCUT2D eigenvalue weighted by Gasteiger charge is 2.30. The SMILES string of the molecule is Cc1ccc(CC(=O)N2CCCC(C)C2CN)cn1. The van der Waals surface area contributed by atoms with Crippen LogP contribution in [0.25, 0.3) is 0 Å². The van der Waals surface area contributed by atoms with Crippen LogP contribution in [0.1, 0.15) is 31.0 Å². The number of amides is 1. The zero-order chi connectivity index (χ0) is 13.8. The zero-order valence-electron chi connectivity index (χ0n) is 11.8. The van der Waals surface area contributed by atoms with Crippen molar-refractivity contribution >= 4 is 5.91 Å². The van der Waals surface area contributed by atoms with Crippen LogP contribution in [0, 0.1) is 12.8 Å². The molecular formula is C15H23N3O. The van der Waals surface area contributed by atoms with Crippen LogP contribution < -0.4 is 5.73 Å². The molecule has 0 aromatic carbocycles. The van der Waals surface area contributed by atoms with Crippen LogP contribution in [0.2, 0.25) is 0 Å². The number of hydrogen-bond acceptors (Lipinski definition) is 3. The van der Waals surface area contributed by atoms with Crippen molar-refractivity contribution in [3.8, 4) is 0 Å². The molecule has 1 amide bonds. The molecule has 2 N–H and O–H groups in total. The van der Waals surface area contributed by atoms with E-state index in [1.807, 2.05) is 24.0 Å². The van der Waals surface area contributed by atoms with E-state index in [1.54, 1.807) is 6.20 Å². The summed E-state index contributed by atoms with van der Waals surface area (Å²) in [6.07, 6.45) is 4.46. The van der Waals surface area contributed by atoms with Gasteiger partial charge >= 0.3 is 0 Å². The maximum absolute atomic E-state index is 12.4. The topological polar surface area (TPSA) is 59.2 Å². The lowest BCUT2D eigenvalue weighted by molar-refractivity contribution is -0.135. The molecule has 2 unspecified atom stereocenters. The number of likely N-dealkylation sites (tertiary alicyclic amines) is 1. The van der Waals surface area contributed by atoms with Gasteiger partial charge in [0.05, 0.1) is 6.42 Å². The number of pyridine rings is 1. The second kappa shape index (κ2) is 6.15. The van der Waals surface area contributed by atoms with E-state index in [1.165, 1.54) is 0 Å². The Kier molecular flexibility index (Phi) is 4.53. The summed E-state index contributed by atoms with van der Waals surface area (Å²) in [5.74, 6) is 0.673. The highest BCUT2D eigenvalue weighted by molar-refractivity contribution is 5.79. The van der Waals surface area contributed by atoms with Crippen LogP contribution in [-0.2, 0) is 11.2 Å². The number of aryl methyl sites for hydroxylation is 1. The monoisotopic (exact) mass is 261 g/mol. The van der Waals surface area contributed by atoms with Gasteiger partial charge in [-0.15, -0.1) is 0 Å². The molecule has 0 spiro atoms. The Morgan fingerprint density at radius 3 is 2.95 bits per heavy atom. The second-order valence-electron chi connectivity index (χ2n) is 5.49. The largest absolute Gasteiger partial charge is 0.338 e. The molecule has 0 saturated carbocycles. The highest BCUT2D eigenvalue weighted by atomic mass is 16.2. The van der Waals surface area contributed by atoms with Gasteiger partial charge in [-0.3, -0.25) is 9.78 Å². The van der Waals surface area contributed by atoms with Gasteiger partial charge in [-0.05, 0) is 37.3 Å². The number of piperidine rings is 1. The van der Waals surface area contributed by atoms with Gasteiger partial charge in [0.15, 0.2) is 0 Å². The summed E-state index contributed by atoms with van der Waals surface area (Å²) in [6, 6.07) is 4.12. The van der Waals surface area contributed by atoms with Crippen LogP contribution in [0.3, 0.4) is 0 Å². The number of nitrogens with two attached hydrogens (primary N) is 1. The summed E-state index contributed by atoms with van der Waals surface area (Å²) in [6.45, 7) is 5.52. The molecule has 1 aromatic heterocycles. The average Bonchev–Trinajstić information content (AvgIpc) is 2.41. The molecular weight excluding hydrogens is 238 g/mol. The lowest BCUT2D eigenvalue weighted by atomic mass is 9.90. The maximum atomic E-state index is 12.4. The Hall–Kier alpha value is -1.42. The molecule has 1 saturated heterocycles. The molecule has 0 radical (unpaired) electrons. The minimum atomic E-state index is 0.174. The third kappa shape index (κ3) is 3.32. The molecule has 0 bridgehead atoms. The van der Waals surface area contributed by atoms with Crippen molar-refractivity contribution in [2.24, 2.45) is 11.7 Å². The van der Waals surface area contributed by atoms with Gasteiger partial charge in [0.1, 0.15) is 0 Å². The Morgan fingerprint density at radius 2 is 2.32 bits per heavy atom. The first-order valence-corrected chi connectivity index (χ1v) is 7.03. The fraction of sp³-hybridized carbons (Fsp3) is 0.600. The quantitative estimate of drug-likeness (QED) is 0.897. The number of rotatable bonds is 3. The molecule has 2 rings (SSSR count). The highest BCUT2D eigenvalue weighted by Crippen LogP contribution is 2.23. The van der Waals surface area contributed by atoms with Gasteiger partial charge in [-0.1, -0.05) is 13.0 Å². The van der Waals surface area contributed by atoms with Crippen LogP contribution in [0.5, 0.6) is 0 Å². The van der Waals surface area contributed by atoms with E-state index in [0.29, 0.717) is 18.9 Å². The first-order valence-electron chi connectivity index (χ1n) is 7.03. The van der Waals surface area contributed by atoms with E-state index in [9.17, 15) is 4.79 Å². The van der Waals surface area contributed by atoms with Gasteiger partial charge in [0.25, 0.3) is 0 Å².